The summed E-state index contributed by atoms with van der Waals surface area (Å²) in [5.41, 5.74) is 0. The smallest absolute Gasteiger partial charge is 0.222 e. The maximum absolute atomic E-state index is 4.07. The van der Waals surface area contributed by atoms with Gasteiger partial charge in [-0.15, -0.1) is 10.2 Å². The van der Waals surface area contributed by atoms with Crippen molar-refractivity contribution in [2.75, 3.05) is 5.32 Å². The van der Waals surface area contributed by atoms with Crippen molar-refractivity contribution in [2.24, 2.45) is 0 Å². The monoisotopic (exact) mass is 218 g/mol. The van der Waals surface area contributed by atoms with E-state index in [1.165, 1.54) is 0 Å². The Bertz CT molecular complexity index is 436. The van der Waals surface area contributed by atoms with Crippen LogP contribution < -0.4 is 5.32 Å². The molecule has 0 bridgehead atoms. The molecule has 0 saturated carbocycles. The van der Waals surface area contributed by atoms with E-state index in [9.17, 15) is 0 Å². The van der Waals surface area contributed by atoms with Crippen molar-refractivity contribution >= 4 is 5.95 Å². The highest BCUT2D eigenvalue weighted by Crippen LogP contribution is 2.07. The summed E-state index contributed by atoms with van der Waals surface area (Å²) >= 11 is 0. The predicted octanol–water partition coefficient (Wildman–Crippen LogP) is 1.26. The zero-order valence-corrected chi connectivity index (χ0v) is 9.33. The highest BCUT2D eigenvalue weighted by Gasteiger charge is 2.06. The molecule has 0 saturated heterocycles. The minimum absolute atomic E-state index is 0.350. The Morgan fingerprint density at radius 3 is 2.75 bits per heavy atom. The van der Waals surface area contributed by atoms with Crippen LogP contribution in [0.2, 0.25) is 0 Å². The first-order chi connectivity index (χ1) is 7.77. The van der Waals surface area contributed by atoms with Crippen molar-refractivity contribution in [1.82, 2.24) is 24.7 Å². The molecule has 0 aliphatic carbocycles. The summed E-state index contributed by atoms with van der Waals surface area (Å²) in [6, 6.07) is 2.13. The quantitative estimate of drug-likeness (QED) is 0.836. The zero-order valence-electron chi connectivity index (χ0n) is 9.33. The van der Waals surface area contributed by atoms with Gasteiger partial charge in [0.05, 0.1) is 6.54 Å². The molecule has 2 heterocycles. The van der Waals surface area contributed by atoms with E-state index >= 15 is 0 Å². The summed E-state index contributed by atoms with van der Waals surface area (Å²) in [6.07, 6.45) is 5.12. The summed E-state index contributed by atoms with van der Waals surface area (Å²) < 4.78 is 2.01. The summed E-state index contributed by atoms with van der Waals surface area (Å²) in [7, 11) is 0. The topological polar surface area (TPSA) is 68.5 Å². The molecule has 0 atom stereocenters. The summed E-state index contributed by atoms with van der Waals surface area (Å²) in [4.78, 5) is 8.15. The van der Waals surface area contributed by atoms with Gasteiger partial charge in [-0.25, -0.2) is 9.97 Å². The average Bonchev–Trinajstić information content (AvgIpc) is 2.76. The van der Waals surface area contributed by atoms with E-state index in [2.05, 4.69) is 39.3 Å². The van der Waals surface area contributed by atoms with E-state index in [1.54, 1.807) is 24.8 Å². The molecule has 0 unspecified atom stereocenters. The maximum Gasteiger partial charge on any atom is 0.222 e. The molecular formula is C10H14N6. The lowest BCUT2D eigenvalue weighted by Gasteiger charge is -2.10. The first kappa shape index (κ1) is 10.5. The van der Waals surface area contributed by atoms with E-state index in [1.807, 2.05) is 4.57 Å². The number of nitrogens with zero attached hydrogens (tertiary/aromatic N) is 5. The second kappa shape index (κ2) is 4.69. The molecule has 0 aromatic carbocycles. The van der Waals surface area contributed by atoms with Gasteiger partial charge in [0.2, 0.25) is 5.95 Å². The van der Waals surface area contributed by atoms with Gasteiger partial charge in [-0.3, -0.25) is 0 Å². The molecule has 2 aromatic heterocycles. The Morgan fingerprint density at radius 2 is 2.06 bits per heavy atom. The van der Waals surface area contributed by atoms with Gasteiger partial charge >= 0.3 is 0 Å². The van der Waals surface area contributed by atoms with Crippen LogP contribution in [0.1, 0.15) is 25.7 Å². The third-order valence-electron chi connectivity index (χ3n) is 2.17. The van der Waals surface area contributed by atoms with Gasteiger partial charge in [-0.05, 0) is 19.9 Å². The SMILES string of the molecule is CC(C)n1cnnc1CNc1ncccn1. The van der Waals surface area contributed by atoms with Crippen LogP contribution in [0.25, 0.3) is 0 Å². The molecule has 6 nitrogen and oxygen atoms in total. The molecular weight excluding hydrogens is 204 g/mol. The molecule has 0 aliphatic rings. The van der Waals surface area contributed by atoms with Gasteiger partial charge in [-0.1, -0.05) is 0 Å². The van der Waals surface area contributed by atoms with Crippen LogP contribution in [0.15, 0.2) is 24.8 Å². The Labute approximate surface area is 93.8 Å². The third-order valence-corrected chi connectivity index (χ3v) is 2.17. The Kier molecular flexibility index (Phi) is 3.09. The van der Waals surface area contributed by atoms with Gasteiger partial charge < -0.3 is 9.88 Å². The summed E-state index contributed by atoms with van der Waals surface area (Å²) in [5, 5.41) is 11.0. The predicted molar refractivity (Wildman–Crippen MR) is 59.8 cm³/mol. The molecule has 84 valence electrons. The van der Waals surface area contributed by atoms with Crippen LogP contribution in [-0.4, -0.2) is 24.7 Å². The molecule has 0 fully saturated rings. The fourth-order valence-corrected chi connectivity index (χ4v) is 1.37. The number of anilines is 1. The first-order valence-corrected chi connectivity index (χ1v) is 5.16. The number of hydrogen-bond donors (Lipinski definition) is 1. The average molecular weight is 218 g/mol. The van der Waals surface area contributed by atoms with E-state index < -0.39 is 0 Å². The highest BCUT2D eigenvalue weighted by molar-refractivity contribution is 5.22. The molecule has 1 N–H and O–H groups in total. The third kappa shape index (κ3) is 2.33. The molecule has 16 heavy (non-hydrogen) atoms. The number of nitrogens with one attached hydrogen (secondary N) is 1. The van der Waals surface area contributed by atoms with E-state index in [4.69, 9.17) is 0 Å². The molecule has 0 amide bonds. The van der Waals surface area contributed by atoms with Crippen molar-refractivity contribution in [3.8, 4) is 0 Å². The number of aromatic nitrogens is 5. The van der Waals surface area contributed by atoms with Crippen LogP contribution in [0, 0.1) is 0 Å². The fourth-order valence-electron chi connectivity index (χ4n) is 1.37. The summed E-state index contributed by atoms with van der Waals surface area (Å²) in [5.74, 6) is 1.48. The summed E-state index contributed by atoms with van der Waals surface area (Å²) in [6.45, 7) is 4.75. The van der Waals surface area contributed by atoms with Crippen molar-refractivity contribution in [1.29, 1.82) is 0 Å². The number of rotatable bonds is 4. The van der Waals surface area contributed by atoms with E-state index in [0.29, 0.717) is 18.5 Å². The van der Waals surface area contributed by atoms with Gasteiger partial charge in [-0.2, -0.15) is 0 Å². The Hall–Kier alpha value is -1.98. The first-order valence-electron chi connectivity index (χ1n) is 5.16. The van der Waals surface area contributed by atoms with Crippen molar-refractivity contribution in [3.05, 3.63) is 30.6 Å². The molecule has 2 aromatic rings. The highest BCUT2D eigenvalue weighted by atomic mass is 15.3. The van der Waals surface area contributed by atoms with Crippen LogP contribution in [0.5, 0.6) is 0 Å². The van der Waals surface area contributed by atoms with E-state index in [-0.39, 0.29) is 0 Å². The minimum atomic E-state index is 0.350. The van der Waals surface area contributed by atoms with Crippen molar-refractivity contribution in [3.63, 3.8) is 0 Å². The normalized spacial score (nSPS) is 10.7. The maximum atomic E-state index is 4.07. The standard InChI is InChI=1S/C10H14N6/c1-8(2)16-7-14-15-9(16)6-13-10-11-4-3-5-12-10/h3-5,7-8H,6H2,1-2H3,(H,11,12,13). The zero-order chi connectivity index (χ0) is 11.4. The Morgan fingerprint density at radius 1 is 1.31 bits per heavy atom. The largest absolute Gasteiger partial charge is 0.347 e. The van der Waals surface area contributed by atoms with Crippen molar-refractivity contribution < 1.29 is 0 Å². The van der Waals surface area contributed by atoms with Crippen LogP contribution in [0.4, 0.5) is 5.95 Å². The van der Waals surface area contributed by atoms with Crippen LogP contribution in [0.3, 0.4) is 0 Å². The Balaban J connectivity index is 2.02. The van der Waals surface area contributed by atoms with Crippen molar-refractivity contribution in [2.45, 2.75) is 26.4 Å². The fraction of sp³-hybridized carbons (Fsp3) is 0.400. The second-order valence-corrected chi connectivity index (χ2v) is 3.67. The van der Waals surface area contributed by atoms with Gasteiger partial charge in [0.1, 0.15) is 6.33 Å². The molecule has 0 aliphatic heterocycles. The van der Waals surface area contributed by atoms with Gasteiger partial charge in [0.25, 0.3) is 0 Å². The lowest BCUT2D eigenvalue weighted by molar-refractivity contribution is 0.571. The van der Waals surface area contributed by atoms with Gasteiger partial charge in [0.15, 0.2) is 5.82 Å². The number of hydrogen-bond acceptors (Lipinski definition) is 5. The van der Waals surface area contributed by atoms with E-state index in [0.717, 1.165) is 5.82 Å². The lowest BCUT2D eigenvalue weighted by Crippen LogP contribution is -2.11. The molecule has 2 rings (SSSR count). The second-order valence-electron chi connectivity index (χ2n) is 3.67. The molecule has 0 radical (unpaired) electrons. The van der Waals surface area contributed by atoms with Gasteiger partial charge in [0, 0.05) is 18.4 Å². The van der Waals surface area contributed by atoms with Crippen LogP contribution in [-0.2, 0) is 6.54 Å². The van der Waals surface area contributed by atoms with Crippen LogP contribution >= 0.6 is 0 Å². The minimum Gasteiger partial charge on any atom is -0.347 e. The lowest BCUT2D eigenvalue weighted by atomic mass is 10.4. The molecule has 0 spiro atoms. The molecule has 6 heteroatoms.